The Morgan fingerprint density at radius 2 is 1.74 bits per heavy atom. The number of benzene rings is 1. The van der Waals surface area contributed by atoms with Crippen molar-refractivity contribution >= 4 is 34.4 Å². The second-order valence-corrected chi connectivity index (χ2v) is 9.37. The summed E-state index contributed by atoms with van der Waals surface area (Å²) in [5.41, 5.74) is 1.24. The standard InChI is InChI=1S/C22H27N5O3S/c1-12(2)11-27-18-17(21(29)26(6)22(27)30)20(24-15(5)23-18)31-14(4)19(28)25-16-9-7-13(3)8-10-16/h7-10,12,14H,11H2,1-6H3,(H,25,28). The van der Waals surface area contributed by atoms with Crippen molar-refractivity contribution in [3.8, 4) is 0 Å². The molecule has 3 rings (SSSR count). The molecule has 9 heteroatoms. The molecule has 1 N–H and O–H groups in total. The first-order chi connectivity index (χ1) is 14.6. The quantitative estimate of drug-likeness (QED) is 0.466. The number of carbonyl (C=O) groups excluding carboxylic acids is 1. The summed E-state index contributed by atoms with van der Waals surface area (Å²) in [7, 11) is 1.45. The molecule has 0 bridgehead atoms. The Hall–Kier alpha value is -2.94. The fourth-order valence-corrected chi connectivity index (χ4v) is 4.14. The monoisotopic (exact) mass is 441 g/mol. The van der Waals surface area contributed by atoms with Gasteiger partial charge in [-0.3, -0.25) is 18.7 Å². The van der Waals surface area contributed by atoms with Crippen LogP contribution in [0.2, 0.25) is 0 Å². The molecular weight excluding hydrogens is 414 g/mol. The molecule has 0 radical (unpaired) electrons. The molecule has 1 amide bonds. The minimum atomic E-state index is -0.519. The molecule has 1 atom stereocenters. The third-order valence-corrected chi connectivity index (χ3v) is 5.87. The van der Waals surface area contributed by atoms with Gasteiger partial charge in [0.15, 0.2) is 5.65 Å². The number of hydrogen-bond acceptors (Lipinski definition) is 6. The first-order valence-corrected chi connectivity index (χ1v) is 11.0. The third-order valence-electron chi connectivity index (χ3n) is 4.78. The third kappa shape index (κ3) is 4.87. The van der Waals surface area contributed by atoms with E-state index in [1.165, 1.54) is 23.4 Å². The zero-order valence-corrected chi connectivity index (χ0v) is 19.4. The number of amides is 1. The van der Waals surface area contributed by atoms with Crippen molar-refractivity contribution in [2.24, 2.45) is 13.0 Å². The average Bonchev–Trinajstić information content (AvgIpc) is 2.70. The maximum absolute atomic E-state index is 12.9. The number of aromatic nitrogens is 4. The summed E-state index contributed by atoms with van der Waals surface area (Å²) in [6.07, 6.45) is 0. The van der Waals surface area contributed by atoms with Crippen molar-refractivity contribution in [1.29, 1.82) is 0 Å². The molecule has 0 spiro atoms. The Balaban J connectivity index is 2.02. The van der Waals surface area contributed by atoms with Gasteiger partial charge in [-0.1, -0.05) is 43.3 Å². The molecule has 1 aromatic carbocycles. The van der Waals surface area contributed by atoms with Crippen LogP contribution in [0.5, 0.6) is 0 Å². The summed E-state index contributed by atoms with van der Waals surface area (Å²) in [5, 5.41) is 3.02. The molecule has 0 saturated heterocycles. The van der Waals surface area contributed by atoms with Crippen LogP contribution < -0.4 is 16.6 Å². The van der Waals surface area contributed by atoms with Crippen LogP contribution in [0.25, 0.3) is 11.0 Å². The minimum absolute atomic E-state index is 0.184. The Morgan fingerprint density at radius 3 is 2.35 bits per heavy atom. The van der Waals surface area contributed by atoms with E-state index in [0.717, 1.165) is 10.1 Å². The highest BCUT2D eigenvalue weighted by molar-refractivity contribution is 8.00. The molecule has 0 aliphatic carbocycles. The molecular formula is C22H27N5O3S. The number of nitrogens with zero attached hydrogens (tertiary/aromatic N) is 4. The summed E-state index contributed by atoms with van der Waals surface area (Å²) < 4.78 is 2.59. The smallest absolute Gasteiger partial charge is 0.325 e. The van der Waals surface area contributed by atoms with E-state index in [0.29, 0.717) is 28.7 Å². The number of nitrogens with one attached hydrogen (secondary N) is 1. The summed E-state index contributed by atoms with van der Waals surface area (Å²) in [5.74, 6) is 0.417. The van der Waals surface area contributed by atoms with Gasteiger partial charge in [0.1, 0.15) is 16.2 Å². The SMILES string of the molecule is Cc1ccc(NC(=O)C(C)Sc2nc(C)nc3c2c(=O)n(C)c(=O)n3CC(C)C)cc1. The molecule has 0 saturated carbocycles. The number of aryl methyl sites for hydroxylation is 2. The van der Waals surface area contributed by atoms with Gasteiger partial charge in [-0.15, -0.1) is 0 Å². The van der Waals surface area contributed by atoms with E-state index >= 15 is 0 Å². The number of rotatable bonds is 6. The molecule has 2 aromatic heterocycles. The van der Waals surface area contributed by atoms with E-state index in [1.54, 1.807) is 13.8 Å². The van der Waals surface area contributed by atoms with Crippen LogP contribution in [-0.2, 0) is 18.4 Å². The van der Waals surface area contributed by atoms with Gasteiger partial charge in [0.05, 0.1) is 5.25 Å². The highest BCUT2D eigenvalue weighted by Gasteiger charge is 2.22. The van der Waals surface area contributed by atoms with Crippen molar-refractivity contribution < 1.29 is 4.79 Å². The predicted octanol–water partition coefficient (Wildman–Crippen LogP) is 2.88. The highest BCUT2D eigenvalue weighted by Crippen LogP contribution is 2.27. The van der Waals surface area contributed by atoms with E-state index in [-0.39, 0.29) is 17.2 Å². The molecule has 164 valence electrons. The Bertz CT molecular complexity index is 1250. The molecule has 1 unspecified atom stereocenters. The average molecular weight is 442 g/mol. The van der Waals surface area contributed by atoms with E-state index in [9.17, 15) is 14.4 Å². The molecule has 0 aliphatic heterocycles. The first-order valence-electron chi connectivity index (χ1n) is 10.1. The topological polar surface area (TPSA) is 98.9 Å². The summed E-state index contributed by atoms with van der Waals surface area (Å²) in [4.78, 5) is 47.2. The molecule has 8 nitrogen and oxygen atoms in total. The Morgan fingerprint density at radius 1 is 1.10 bits per heavy atom. The summed E-state index contributed by atoms with van der Waals surface area (Å²) in [6.45, 7) is 9.85. The lowest BCUT2D eigenvalue weighted by Crippen LogP contribution is -2.39. The van der Waals surface area contributed by atoms with Gasteiger partial charge in [-0.2, -0.15) is 0 Å². The van der Waals surface area contributed by atoms with Gasteiger partial charge in [-0.05, 0) is 38.8 Å². The van der Waals surface area contributed by atoms with Crippen LogP contribution in [-0.4, -0.2) is 30.3 Å². The van der Waals surface area contributed by atoms with Gasteiger partial charge in [0, 0.05) is 19.3 Å². The lowest BCUT2D eigenvalue weighted by atomic mass is 10.2. The number of hydrogen-bond donors (Lipinski definition) is 1. The number of carbonyl (C=O) groups is 1. The Kier molecular flexibility index (Phi) is 6.64. The van der Waals surface area contributed by atoms with E-state index in [2.05, 4.69) is 15.3 Å². The maximum atomic E-state index is 12.9. The van der Waals surface area contributed by atoms with Crippen molar-refractivity contribution in [2.45, 2.75) is 51.4 Å². The van der Waals surface area contributed by atoms with Crippen LogP contribution in [0.4, 0.5) is 5.69 Å². The molecule has 2 heterocycles. The normalized spacial score (nSPS) is 12.4. The van der Waals surface area contributed by atoms with Gasteiger partial charge >= 0.3 is 5.69 Å². The lowest BCUT2D eigenvalue weighted by Gasteiger charge is -2.16. The van der Waals surface area contributed by atoms with Gasteiger partial charge in [0.25, 0.3) is 5.56 Å². The molecule has 0 fully saturated rings. The van der Waals surface area contributed by atoms with Crippen LogP contribution in [0.1, 0.15) is 32.2 Å². The fraction of sp³-hybridized carbons (Fsp3) is 0.409. The fourth-order valence-electron chi connectivity index (χ4n) is 3.16. The number of thioether (sulfide) groups is 1. The van der Waals surface area contributed by atoms with E-state index in [1.807, 2.05) is 45.0 Å². The lowest BCUT2D eigenvalue weighted by molar-refractivity contribution is -0.115. The first kappa shape index (κ1) is 22.7. The van der Waals surface area contributed by atoms with Crippen LogP contribution >= 0.6 is 11.8 Å². The van der Waals surface area contributed by atoms with Crippen molar-refractivity contribution in [2.75, 3.05) is 5.32 Å². The highest BCUT2D eigenvalue weighted by atomic mass is 32.2. The molecule has 31 heavy (non-hydrogen) atoms. The van der Waals surface area contributed by atoms with Gasteiger partial charge < -0.3 is 5.32 Å². The Labute approximate surface area is 184 Å². The van der Waals surface area contributed by atoms with E-state index < -0.39 is 16.5 Å². The summed E-state index contributed by atoms with van der Waals surface area (Å²) in [6, 6.07) is 7.53. The van der Waals surface area contributed by atoms with Crippen molar-refractivity contribution in [1.82, 2.24) is 19.1 Å². The predicted molar refractivity (Wildman–Crippen MR) is 124 cm³/mol. The molecule has 3 aromatic rings. The molecule has 0 aliphatic rings. The zero-order valence-electron chi connectivity index (χ0n) is 18.6. The zero-order chi connectivity index (χ0) is 22.9. The van der Waals surface area contributed by atoms with Gasteiger partial charge in [0.2, 0.25) is 5.91 Å². The maximum Gasteiger partial charge on any atom is 0.332 e. The largest absolute Gasteiger partial charge is 0.332 e. The number of anilines is 1. The van der Waals surface area contributed by atoms with Crippen molar-refractivity contribution in [3.63, 3.8) is 0 Å². The number of fused-ring (bicyclic) bond motifs is 1. The second kappa shape index (κ2) is 9.05. The van der Waals surface area contributed by atoms with Crippen LogP contribution in [0.15, 0.2) is 38.9 Å². The summed E-state index contributed by atoms with van der Waals surface area (Å²) >= 11 is 1.18. The van der Waals surface area contributed by atoms with Crippen LogP contribution in [0, 0.1) is 19.8 Å². The van der Waals surface area contributed by atoms with Gasteiger partial charge in [-0.25, -0.2) is 14.8 Å². The minimum Gasteiger partial charge on any atom is -0.325 e. The van der Waals surface area contributed by atoms with E-state index in [4.69, 9.17) is 0 Å². The van der Waals surface area contributed by atoms with Crippen LogP contribution in [0.3, 0.4) is 0 Å². The second-order valence-electron chi connectivity index (χ2n) is 8.04. The van der Waals surface area contributed by atoms with Crippen molar-refractivity contribution in [3.05, 3.63) is 56.5 Å².